The first-order valence-electron chi connectivity index (χ1n) is 7.95. The largest absolute Gasteiger partial charge is 0.508 e. The average molecular weight is 393 g/mol. The molecule has 2 N–H and O–H groups in total. The molecule has 0 radical (unpaired) electrons. The van der Waals surface area contributed by atoms with E-state index in [0.29, 0.717) is 5.56 Å². The molecule has 0 spiro atoms. The fourth-order valence-electron chi connectivity index (χ4n) is 2.62. The normalized spacial score (nSPS) is 11.5. The molecule has 9 heteroatoms. The summed E-state index contributed by atoms with van der Waals surface area (Å²) in [7, 11) is 1.35. The summed E-state index contributed by atoms with van der Waals surface area (Å²) in [4.78, 5) is 24.1. The third kappa shape index (κ3) is 3.51. The molecule has 0 aliphatic carbocycles. The standard InChI is InChI=1S/C19H14F3NO5/c1-9-3-4-10(7-13(9)24)23-16-12-8-11(27-2)5-6-14(12)28-18(26)15(16)17(25)19(20,21)22/h3-8,23-24H,1-2H3. The number of phenols is 1. The number of ether oxygens (including phenoxy) is 1. The zero-order valence-electron chi connectivity index (χ0n) is 14.7. The van der Waals surface area contributed by atoms with Crippen molar-refractivity contribution in [3.8, 4) is 11.5 Å². The van der Waals surface area contributed by atoms with Crippen LogP contribution in [0.1, 0.15) is 15.9 Å². The van der Waals surface area contributed by atoms with Gasteiger partial charge in [-0.25, -0.2) is 4.79 Å². The Bertz CT molecular complexity index is 1130. The van der Waals surface area contributed by atoms with Gasteiger partial charge in [-0.15, -0.1) is 0 Å². The molecular formula is C19H14F3NO5. The van der Waals surface area contributed by atoms with Crippen molar-refractivity contribution < 1.29 is 32.2 Å². The Kier molecular flexibility index (Phi) is 4.76. The van der Waals surface area contributed by atoms with E-state index in [1.807, 2.05) is 0 Å². The van der Waals surface area contributed by atoms with Gasteiger partial charge in [-0.2, -0.15) is 13.2 Å². The Morgan fingerprint density at radius 1 is 1.18 bits per heavy atom. The third-order valence-corrected chi connectivity index (χ3v) is 4.08. The van der Waals surface area contributed by atoms with Crippen molar-refractivity contribution in [2.75, 3.05) is 12.4 Å². The van der Waals surface area contributed by atoms with Crippen LogP contribution >= 0.6 is 0 Å². The quantitative estimate of drug-likeness (QED) is 0.507. The van der Waals surface area contributed by atoms with E-state index in [1.54, 1.807) is 6.92 Å². The molecular weight excluding hydrogens is 379 g/mol. The van der Waals surface area contributed by atoms with Crippen molar-refractivity contribution in [1.29, 1.82) is 0 Å². The van der Waals surface area contributed by atoms with Crippen LogP contribution in [0.2, 0.25) is 0 Å². The lowest BCUT2D eigenvalue weighted by molar-refractivity contribution is -0.0886. The number of methoxy groups -OCH3 is 1. The maximum absolute atomic E-state index is 13.1. The molecule has 6 nitrogen and oxygen atoms in total. The molecule has 146 valence electrons. The van der Waals surface area contributed by atoms with Crippen LogP contribution in [0.25, 0.3) is 11.0 Å². The number of benzene rings is 2. The molecule has 0 bridgehead atoms. The SMILES string of the molecule is COc1ccc2oc(=O)c(C(=O)C(F)(F)F)c(Nc3ccc(C)c(O)c3)c2c1. The van der Waals surface area contributed by atoms with Crippen molar-refractivity contribution in [3.63, 3.8) is 0 Å². The Morgan fingerprint density at radius 3 is 2.50 bits per heavy atom. The van der Waals surface area contributed by atoms with Crippen LogP contribution in [0.15, 0.2) is 45.6 Å². The molecule has 0 unspecified atom stereocenters. The number of Topliss-reactive ketones (excluding diaryl/α,β-unsaturated/α-hetero) is 1. The van der Waals surface area contributed by atoms with E-state index in [4.69, 9.17) is 9.15 Å². The first-order valence-corrected chi connectivity index (χ1v) is 7.95. The minimum Gasteiger partial charge on any atom is -0.508 e. The molecule has 0 aliphatic rings. The Balaban J connectivity index is 2.32. The highest BCUT2D eigenvalue weighted by molar-refractivity contribution is 6.10. The minimum absolute atomic E-state index is 0.0339. The van der Waals surface area contributed by atoms with Gasteiger partial charge in [0.25, 0.3) is 5.78 Å². The van der Waals surface area contributed by atoms with Gasteiger partial charge in [0.05, 0.1) is 12.8 Å². The number of phenolic OH excluding ortho intramolecular Hbond substituents is 1. The summed E-state index contributed by atoms with van der Waals surface area (Å²) in [5.41, 5.74) is -2.34. The number of fused-ring (bicyclic) bond motifs is 1. The summed E-state index contributed by atoms with van der Waals surface area (Å²) in [5, 5.41) is 12.5. The van der Waals surface area contributed by atoms with Gasteiger partial charge in [-0.1, -0.05) is 6.07 Å². The summed E-state index contributed by atoms with van der Waals surface area (Å²) in [5.74, 6) is -2.18. The molecule has 1 aromatic heterocycles. The Morgan fingerprint density at radius 2 is 1.89 bits per heavy atom. The first kappa shape index (κ1) is 19.3. The zero-order valence-corrected chi connectivity index (χ0v) is 14.7. The summed E-state index contributed by atoms with van der Waals surface area (Å²) in [6, 6.07) is 8.40. The lowest BCUT2D eigenvalue weighted by Gasteiger charge is -2.15. The van der Waals surface area contributed by atoms with Gasteiger partial charge in [0, 0.05) is 17.1 Å². The van der Waals surface area contributed by atoms with E-state index in [0.717, 1.165) is 0 Å². The van der Waals surface area contributed by atoms with Crippen LogP contribution in [0.3, 0.4) is 0 Å². The van der Waals surface area contributed by atoms with E-state index in [2.05, 4.69) is 5.32 Å². The number of hydrogen-bond acceptors (Lipinski definition) is 6. The van der Waals surface area contributed by atoms with Crippen LogP contribution in [0, 0.1) is 6.92 Å². The predicted octanol–water partition coefficient (Wildman–Crippen LogP) is 4.30. The topological polar surface area (TPSA) is 88.8 Å². The van der Waals surface area contributed by atoms with Gasteiger partial charge in [0.2, 0.25) is 0 Å². The third-order valence-electron chi connectivity index (χ3n) is 4.08. The second-order valence-electron chi connectivity index (χ2n) is 5.95. The maximum atomic E-state index is 13.1. The number of aryl methyl sites for hydroxylation is 1. The smallest absolute Gasteiger partial charge is 0.455 e. The summed E-state index contributed by atoms with van der Waals surface area (Å²) >= 11 is 0. The van der Waals surface area contributed by atoms with Crippen molar-refractivity contribution in [3.05, 3.63) is 57.9 Å². The number of anilines is 2. The lowest BCUT2D eigenvalue weighted by Crippen LogP contribution is -2.29. The Hall–Kier alpha value is -3.49. The maximum Gasteiger partial charge on any atom is 0.455 e. The van der Waals surface area contributed by atoms with Gasteiger partial charge < -0.3 is 19.6 Å². The summed E-state index contributed by atoms with van der Waals surface area (Å²) in [6.45, 7) is 1.63. The van der Waals surface area contributed by atoms with Gasteiger partial charge in [0.15, 0.2) is 0 Å². The van der Waals surface area contributed by atoms with Gasteiger partial charge >= 0.3 is 11.8 Å². The minimum atomic E-state index is -5.28. The van der Waals surface area contributed by atoms with E-state index in [9.17, 15) is 27.9 Å². The van der Waals surface area contributed by atoms with E-state index >= 15 is 0 Å². The average Bonchev–Trinajstić information content (AvgIpc) is 2.63. The van der Waals surface area contributed by atoms with Crippen molar-refractivity contribution >= 4 is 28.1 Å². The molecule has 0 aliphatic heterocycles. The molecule has 0 atom stereocenters. The summed E-state index contributed by atoms with van der Waals surface area (Å²) < 4.78 is 49.2. The highest BCUT2D eigenvalue weighted by Gasteiger charge is 2.43. The molecule has 0 amide bonds. The monoisotopic (exact) mass is 393 g/mol. The molecule has 3 rings (SSSR count). The first-order chi connectivity index (χ1) is 13.1. The van der Waals surface area contributed by atoms with Gasteiger partial charge in [-0.05, 0) is 36.8 Å². The highest BCUT2D eigenvalue weighted by Crippen LogP contribution is 2.35. The van der Waals surface area contributed by atoms with Crippen LogP contribution in [-0.2, 0) is 0 Å². The van der Waals surface area contributed by atoms with Crippen LogP contribution in [0.5, 0.6) is 11.5 Å². The van der Waals surface area contributed by atoms with E-state index in [-0.39, 0.29) is 28.2 Å². The van der Waals surface area contributed by atoms with Crippen molar-refractivity contribution in [2.24, 2.45) is 0 Å². The molecule has 0 fully saturated rings. The van der Waals surface area contributed by atoms with Crippen LogP contribution in [0.4, 0.5) is 24.5 Å². The fraction of sp³-hybridized carbons (Fsp3) is 0.158. The number of carbonyl (C=O) groups excluding carboxylic acids is 1. The predicted molar refractivity (Wildman–Crippen MR) is 95.5 cm³/mol. The van der Waals surface area contributed by atoms with Crippen LogP contribution < -0.4 is 15.7 Å². The molecule has 3 aromatic rings. The fourth-order valence-corrected chi connectivity index (χ4v) is 2.62. The molecule has 0 saturated carbocycles. The summed E-state index contributed by atoms with van der Waals surface area (Å²) in [6.07, 6.45) is -5.28. The second kappa shape index (κ2) is 6.91. The Labute approximate surface area is 156 Å². The number of hydrogen-bond donors (Lipinski definition) is 2. The highest BCUT2D eigenvalue weighted by atomic mass is 19.4. The number of alkyl halides is 3. The van der Waals surface area contributed by atoms with Crippen LogP contribution in [-0.4, -0.2) is 24.2 Å². The number of carbonyl (C=O) groups is 1. The zero-order chi connectivity index (χ0) is 20.6. The second-order valence-corrected chi connectivity index (χ2v) is 5.95. The lowest BCUT2D eigenvalue weighted by atomic mass is 10.1. The number of rotatable bonds is 4. The number of halogens is 3. The molecule has 0 saturated heterocycles. The molecule has 28 heavy (non-hydrogen) atoms. The van der Waals surface area contributed by atoms with Crippen molar-refractivity contribution in [2.45, 2.75) is 13.1 Å². The number of nitrogens with one attached hydrogen (secondary N) is 1. The van der Waals surface area contributed by atoms with E-state index < -0.39 is 28.8 Å². The van der Waals surface area contributed by atoms with E-state index in [1.165, 1.54) is 43.5 Å². The van der Waals surface area contributed by atoms with Gasteiger partial charge in [-0.3, -0.25) is 4.79 Å². The van der Waals surface area contributed by atoms with Crippen molar-refractivity contribution in [1.82, 2.24) is 0 Å². The number of ketones is 1. The molecule has 1 heterocycles. The molecule has 2 aromatic carbocycles. The van der Waals surface area contributed by atoms with Gasteiger partial charge in [0.1, 0.15) is 22.6 Å². The number of aromatic hydroxyl groups is 1.